The zero-order valence-electron chi connectivity index (χ0n) is 18.3. The van der Waals surface area contributed by atoms with Crippen LogP contribution in [0.5, 0.6) is 0 Å². The van der Waals surface area contributed by atoms with Crippen molar-refractivity contribution in [1.29, 1.82) is 0 Å². The normalized spacial score (nSPS) is 12.6. The number of rotatable bonds is 6. The van der Waals surface area contributed by atoms with E-state index in [0.29, 0.717) is 22.4 Å². The van der Waals surface area contributed by atoms with Gasteiger partial charge in [0.1, 0.15) is 0 Å². The van der Waals surface area contributed by atoms with Gasteiger partial charge in [0, 0.05) is 33.8 Å². The molecule has 4 aromatic rings. The minimum atomic E-state index is -0.491. The van der Waals surface area contributed by atoms with Crippen LogP contribution in [0.1, 0.15) is 38.1 Å². The van der Waals surface area contributed by atoms with E-state index in [1.807, 2.05) is 51.2 Å². The predicted octanol–water partition coefficient (Wildman–Crippen LogP) is 5.57. The van der Waals surface area contributed by atoms with Crippen LogP contribution < -0.4 is 5.32 Å². The number of benzene rings is 2. The number of H-pyrrole nitrogens is 1. The number of aromatic amines is 1. The molecule has 1 amide bonds. The molecule has 0 aliphatic heterocycles. The number of nitrogens with one attached hydrogen (secondary N) is 2. The quantitative estimate of drug-likeness (QED) is 0.296. The van der Waals surface area contributed by atoms with E-state index in [1.54, 1.807) is 31.2 Å². The number of aromatic nitrogens is 3. The Morgan fingerprint density at radius 2 is 1.78 bits per heavy atom. The number of ketones is 1. The van der Waals surface area contributed by atoms with Gasteiger partial charge in [0.2, 0.25) is 5.91 Å². The Kier molecular flexibility index (Phi) is 5.88. The van der Waals surface area contributed by atoms with Crippen LogP contribution in [-0.2, 0) is 4.79 Å². The zero-order valence-corrected chi connectivity index (χ0v) is 19.1. The molecule has 1 atom stereocenters. The first-order chi connectivity index (χ1) is 15.2. The molecule has 0 bridgehead atoms. The largest absolute Gasteiger partial charge is 0.411 e. The van der Waals surface area contributed by atoms with Crippen molar-refractivity contribution in [3.8, 4) is 11.5 Å². The second-order valence-electron chi connectivity index (χ2n) is 8.53. The highest BCUT2D eigenvalue weighted by Gasteiger charge is 2.23. The van der Waals surface area contributed by atoms with Crippen LogP contribution in [0.4, 0.5) is 5.69 Å². The number of anilines is 1. The van der Waals surface area contributed by atoms with Gasteiger partial charge in [0.25, 0.3) is 11.1 Å². The van der Waals surface area contributed by atoms with Crippen LogP contribution in [0.3, 0.4) is 0 Å². The molecule has 0 saturated carbocycles. The molecule has 0 aliphatic carbocycles. The smallest absolute Gasteiger partial charge is 0.277 e. The van der Waals surface area contributed by atoms with E-state index in [9.17, 15) is 9.59 Å². The summed E-state index contributed by atoms with van der Waals surface area (Å²) < 4.78 is 5.81. The summed E-state index contributed by atoms with van der Waals surface area (Å²) in [5.41, 5.74) is 2.53. The summed E-state index contributed by atoms with van der Waals surface area (Å²) in [6.07, 6.45) is 1.83. The first-order valence-corrected chi connectivity index (χ1v) is 11.1. The summed E-state index contributed by atoms with van der Waals surface area (Å²) in [4.78, 5) is 28.2. The van der Waals surface area contributed by atoms with Gasteiger partial charge in [-0.2, -0.15) is 0 Å². The summed E-state index contributed by atoms with van der Waals surface area (Å²) in [7, 11) is 0. The lowest BCUT2D eigenvalue weighted by atomic mass is 9.95. The molecule has 8 heteroatoms. The molecule has 2 aromatic heterocycles. The Hall–Kier alpha value is -3.39. The van der Waals surface area contributed by atoms with E-state index in [2.05, 4.69) is 20.5 Å². The minimum Gasteiger partial charge on any atom is -0.411 e. The number of hydrogen-bond donors (Lipinski definition) is 2. The van der Waals surface area contributed by atoms with Crippen molar-refractivity contribution in [1.82, 2.24) is 15.2 Å². The number of para-hydroxylation sites is 1. The number of Topliss-reactive ketones (excluding diaryl/α,β-unsaturated/α-hetero) is 1. The first-order valence-electron chi connectivity index (χ1n) is 10.2. The molecule has 164 valence electrons. The van der Waals surface area contributed by atoms with Crippen LogP contribution in [0.15, 0.2) is 64.4 Å². The van der Waals surface area contributed by atoms with Crippen molar-refractivity contribution in [2.75, 3.05) is 5.32 Å². The van der Waals surface area contributed by atoms with Gasteiger partial charge in [-0.15, -0.1) is 10.2 Å². The van der Waals surface area contributed by atoms with Gasteiger partial charge in [-0.3, -0.25) is 9.59 Å². The summed E-state index contributed by atoms with van der Waals surface area (Å²) in [5.74, 6) is 0.266. The summed E-state index contributed by atoms with van der Waals surface area (Å²) in [5, 5.41) is 12.0. The maximum Gasteiger partial charge on any atom is 0.277 e. The number of amides is 1. The molecule has 2 heterocycles. The number of hydrogen-bond acceptors (Lipinski definition) is 6. The van der Waals surface area contributed by atoms with Gasteiger partial charge >= 0.3 is 0 Å². The molecule has 4 rings (SSSR count). The number of carbonyl (C=O) groups is 2. The fraction of sp³-hybridized carbons (Fsp3) is 0.250. The Bertz CT molecular complexity index is 1270. The first kappa shape index (κ1) is 21.8. The molecule has 0 radical (unpaired) electrons. The standard InChI is InChI=1S/C24H24N4O3S/c1-14(20(29)15-9-11-16(12-10-15)26-22(30)24(2,3)4)32-23-28-27-21(31-23)18-13-25-19-8-6-5-7-17(18)19/h5-14,25H,1-4H3,(H,26,30). The lowest BCUT2D eigenvalue weighted by molar-refractivity contribution is -0.123. The molecule has 0 fully saturated rings. The van der Waals surface area contributed by atoms with Crippen molar-refractivity contribution in [3.05, 3.63) is 60.3 Å². The third kappa shape index (κ3) is 4.60. The van der Waals surface area contributed by atoms with Gasteiger partial charge < -0.3 is 14.7 Å². The molecule has 7 nitrogen and oxygen atoms in total. The molecule has 32 heavy (non-hydrogen) atoms. The molecular weight excluding hydrogens is 424 g/mol. The number of fused-ring (bicyclic) bond motifs is 1. The highest BCUT2D eigenvalue weighted by molar-refractivity contribution is 8.00. The van der Waals surface area contributed by atoms with E-state index >= 15 is 0 Å². The third-order valence-electron chi connectivity index (χ3n) is 4.98. The molecule has 2 N–H and O–H groups in total. The Morgan fingerprint density at radius 3 is 2.50 bits per heavy atom. The van der Waals surface area contributed by atoms with Crippen LogP contribution in [0, 0.1) is 5.41 Å². The highest BCUT2D eigenvalue weighted by Crippen LogP contribution is 2.31. The molecule has 0 aliphatic rings. The average Bonchev–Trinajstić information content (AvgIpc) is 3.39. The SMILES string of the molecule is CC(Sc1nnc(-c2c[nH]c3ccccc23)o1)C(=O)c1ccc(NC(=O)C(C)(C)C)cc1. The van der Waals surface area contributed by atoms with Crippen molar-refractivity contribution in [2.24, 2.45) is 5.41 Å². The number of nitrogens with zero attached hydrogens (tertiary/aromatic N) is 2. The maximum atomic E-state index is 12.8. The molecule has 0 saturated heterocycles. The third-order valence-corrected chi connectivity index (χ3v) is 5.92. The lowest BCUT2D eigenvalue weighted by Gasteiger charge is -2.17. The number of thioether (sulfide) groups is 1. The second-order valence-corrected chi connectivity index (χ2v) is 9.82. The molecular formula is C24H24N4O3S. The summed E-state index contributed by atoms with van der Waals surface area (Å²) >= 11 is 1.22. The fourth-order valence-electron chi connectivity index (χ4n) is 3.09. The molecule has 1 unspecified atom stereocenters. The van der Waals surface area contributed by atoms with Gasteiger partial charge in [-0.1, -0.05) is 50.7 Å². The van der Waals surface area contributed by atoms with Gasteiger partial charge in [-0.05, 0) is 37.3 Å². The van der Waals surface area contributed by atoms with Crippen molar-refractivity contribution < 1.29 is 14.0 Å². The van der Waals surface area contributed by atoms with E-state index in [-0.39, 0.29) is 11.7 Å². The van der Waals surface area contributed by atoms with Crippen LogP contribution in [0.2, 0.25) is 0 Å². The van der Waals surface area contributed by atoms with Crippen molar-refractivity contribution in [3.63, 3.8) is 0 Å². The van der Waals surface area contributed by atoms with Gasteiger partial charge in [-0.25, -0.2) is 0 Å². The van der Waals surface area contributed by atoms with E-state index in [1.165, 1.54) is 11.8 Å². The number of carbonyl (C=O) groups excluding carboxylic acids is 2. The van der Waals surface area contributed by atoms with Crippen LogP contribution in [0.25, 0.3) is 22.4 Å². The molecule has 0 spiro atoms. The van der Waals surface area contributed by atoms with Crippen LogP contribution >= 0.6 is 11.8 Å². The molecule has 2 aromatic carbocycles. The average molecular weight is 449 g/mol. The maximum absolute atomic E-state index is 12.8. The minimum absolute atomic E-state index is 0.0597. The highest BCUT2D eigenvalue weighted by atomic mass is 32.2. The lowest BCUT2D eigenvalue weighted by Crippen LogP contribution is -2.27. The second kappa shape index (κ2) is 8.63. The monoisotopic (exact) mass is 448 g/mol. The van der Waals surface area contributed by atoms with Crippen molar-refractivity contribution >= 4 is 40.0 Å². The fourth-order valence-corrected chi connectivity index (χ4v) is 3.85. The Balaban J connectivity index is 1.42. The summed E-state index contributed by atoms with van der Waals surface area (Å²) in [6.45, 7) is 7.35. The van der Waals surface area contributed by atoms with Crippen LogP contribution in [-0.4, -0.2) is 32.1 Å². The summed E-state index contributed by atoms with van der Waals surface area (Å²) in [6, 6.07) is 14.8. The van der Waals surface area contributed by atoms with Gasteiger partial charge in [0.15, 0.2) is 5.78 Å². The topological polar surface area (TPSA) is 101 Å². The van der Waals surface area contributed by atoms with Crippen molar-refractivity contribution in [2.45, 2.75) is 38.2 Å². The van der Waals surface area contributed by atoms with Gasteiger partial charge in [0.05, 0.1) is 10.8 Å². The zero-order chi connectivity index (χ0) is 22.9. The Morgan fingerprint density at radius 1 is 1.06 bits per heavy atom. The van der Waals surface area contributed by atoms with E-state index < -0.39 is 10.7 Å². The van der Waals surface area contributed by atoms with E-state index in [0.717, 1.165) is 16.5 Å². The predicted molar refractivity (Wildman–Crippen MR) is 126 cm³/mol. The van der Waals surface area contributed by atoms with E-state index in [4.69, 9.17) is 4.42 Å². The Labute approximate surface area is 190 Å².